The van der Waals surface area contributed by atoms with E-state index in [9.17, 15) is 14.4 Å². The van der Waals surface area contributed by atoms with Gasteiger partial charge in [-0.05, 0) is 42.1 Å². The fraction of sp³-hybridized carbons (Fsp3) is 0.464. The average molecular weight is 635 g/mol. The van der Waals surface area contributed by atoms with E-state index in [-0.39, 0.29) is 37.4 Å². The van der Waals surface area contributed by atoms with Crippen LogP contribution in [0.1, 0.15) is 39.9 Å². The highest BCUT2D eigenvalue weighted by Gasteiger charge is 2.43. The molecule has 198 valence electrons. The Morgan fingerprint density at radius 3 is 2.46 bits per heavy atom. The summed E-state index contributed by atoms with van der Waals surface area (Å²) in [7, 11) is -1.28. The number of imide groups is 1. The third kappa shape index (κ3) is 6.80. The minimum absolute atomic E-state index is 0.0569. The summed E-state index contributed by atoms with van der Waals surface area (Å²) in [6.45, 7) is 7.90. The SMILES string of the molecule is C[Si](C)(C)CCOCN1C(=O)CCC(N2Cc3c(OCc4ccc(CCI)cc4)cccc3C2=O)C1=O. The van der Waals surface area contributed by atoms with Gasteiger partial charge in [-0.3, -0.25) is 19.3 Å². The van der Waals surface area contributed by atoms with Gasteiger partial charge in [0.1, 0.15) is 25.1 Å². The molecule has 0 N–H and O–H groups in total. The molecule has 4 rings (SSSR count). The molecular formula is C28H35IN2O5Si. The van der Waals surface area contributed by atoms with Crippen LogP contribution >= 0.6 is 22.6 Å². The highest BCUT2D eigenvalue weighted by atomic mass is 127. The molecule has 2 aliphatic rings. The van der Waals surface area contributed by atoms with E-state index in [1.165, 1.54) is 10.5 Å². The van der Waals surface area contributed by atoms with Crippen molar-refractivity contribution in [2.75, 3.05) is 17.8 Å². The highest BCUT2D eigenvalue weighted by molar-refractivity contribution is 14.1. The van der Waals surface area contributed by atoms with Crippen LogP contribution in [0.3, 0.4) is 0 Å². The molecule has 0 saturated carbocycles. The Kier molecular flexibility index (Phi) is 9.07. The molecule has 1 unspecified atom stereocenters. The minimum atomic E-state index is -1.28. The van der Waals surface area contributed by atoms with Crippen molar-refractivity contribution in [3.63, 3.8) is 0 Å². The number of piperidine rings is 1. The van der Waals surface area contributed by atoms with Gasteiger partial charge >= 0.3 is 0 Å². The lowest BCUT2D eigenvalue weighted by molar-refractivity contribution is -0.158. The van der Waals surface area contributed by atoms with Gasteiger partial charge in [0.05, 0.1) is 6.54 Å². The molecule has 1 saturated heterocycles. The van der Waals surface area contributed by atoms with Crippen LogP contribution in [0.25, 0.3) is 0 Å². The molecule has 2 heterocycles. The molecule has 9 heteroatoms. The third-order valence-electron chi connectivity index (χ3n) is 6.83. The van der Waals surface area contributed by atoms with Crippen molar-refractivity contribution in [3.8, 4) is 5.75 Å². The van der Waals surface area contributed by atoms with E-state index >= 15 is 0 Å². The van der Waals surface area contributed by atoms with E-state index in [2.05, 4.69) is 66.5 Å². The number of ether oxygens (including phenoxy) is 2. The van der Waals surface area contributed by atoms with E-state index in [1.54, 1.807) is 11.0 Å². The number of alkyl halides is 1. The fourth-order valence-electron chi connectivity index (χ4n) is 4.57. The van der Waals surface area contributed by atoms with Gasteiger partial charge in [-0.1, -0.05) is 72.6 Å². The Morgan fingerprint density at radius 1 is 1.03 bits per heavy atom. The molecule has 1 fully saturated rings. The van der Waals surface area contributed by atoms with Gasteiger partial charge < -0.3 is 14.4 Å². The molecule has 2 aromatic rings. The number of aryl methyl sites for hydroxylation is 1. The molecule has 7 nitrogen and oxygen atoms in total. The minimum Gasteiger partial charge on any atom is -0.489 e. The van der Waals surface area contributed by atoms with E-state index in [0.717, 1.165) is 28.0 Å². The van der Waals surface area contributed by atoms with Crippen LogP contribution in [0, 0.1) is 0 Å². The summed E-state index contributed by atoms with van der Waals surface area (Å²) in [5.41, 5.74) is 3.70. The number of likely N-dealkylation sites (tertiary alicyclic amines) is 1. The number of rotatable bonds is 11. The Morgan fingerprint density at radius 2 is 1.76 bits per heavy atom. The van der Waals surface area contributed by atoms with Crippen molar-refractivity contribution in [1.82, 2.24) is 9.80 Å². The average Bonchev–Trinajstić information content (AvgIpc) is 3.19. The molecule has 0 spiro atoms. The van der Waals surface area contributed by atoms with Gasteiger partial charge in [0.25, 0.3) is 11.8 Å². The largest absolute Gasteiger partial charge is 0.489 e. The maximum atomic E-state index is 13.3. The van der Waals surface area contributed by atoms with Crippen molar-refractivity contribution in [2.45, 2.75) is 64.1 Å². The Labute approximate surface area is 233 Å². The summed E-state index contributed by atoms with van der Waals surface area (Å²) < 4.78 is 12.9. The van der Waals surface area contributed by atoms with Crippen LogP contribution in [0.4, 0.5) is 0 Å². The number of hydrogen-bond acceptors (Lipinski definition) is 5. The van der Waals surface area contributed by atoms with Gasteiger partial charge in [-0.2, -0.15) is 0 Å². The molecule has 2 aliphatic heterocycles. The van der Waals surface area contributed by atoms with Crippen molar-refractivity contribution >= 4 is 48.4 Å². The normalized spacial score (nSPS) is 17.9. The molecule has 1 atom stereocenters. The lowest BCUT2D eigenvalue weighted by Crippen LogP contribution is -2.55. The number of benzene rings is 2. The van der Waals surface area contributed by atoms with Crippen LogP contribution in [-0.2, 0) is 33.9 Å². The first-order valence-electron chi connectivity index (χ1n) is 12.8. The number of carbonyl (C=O) groups is 3. The monoisotopic (exact) mass is 634 g/mol. The zero-order chi connectivity index (χ0) is 26.6. The van der Waals surface area contributed by atoms with E-state index in [1.807, 2.05) is 12.1 Å². The first-order valence-corrected chi connectivity index (χ1v) is 18.0. The van der Waals surface area contributed by atoms with Gasteiger partial charge in [0, 0.05) is 36.7 Å². The third-order valence-corrected chi connectivity index (χ3v) is 9.07. The zero-order valence-electron chi connectivity index (χ0n) is 21.8. The maximum absolute atomic E-state index is 13.3. The number of carbonyl (C=O) groups excluding carboxylic acids is 3. The second-order valence-electron chi connectivity index (χ2n) is 10.8. The summed E-state index contributed by atoms with van der Waals surface area (Å²) in [5, 5.41) is 0. The first-order chi connectivity index (χ1) is 17.7. The molecule has 0 bridgehead atoms. The van der Waals surface area contributed by atoms with Crippen LogP contribution in [0.2, 0.25) is 25.7 Å². The number of hydrogen-bond donors (Lipinski definition) is 0. The van der Waals surface area contributed by atoms with Gasteiger partial charge in [-0.15, -0.1) is 0 Å². The van der Waals surface area contributed by atoms with Crippen LogP contribution in [0.5, 0.6) is 5.75 Å². The quantitative estimate of drug-likeness (QED) is 0.114. The molecular weight excluding hydrogens is 599 g/mol. The topological polar surface area (TPSA) is 76.2 Å². The summed E-state index contributed by atoms with van der Waals surface area (Å²) >= 11 is 2.37. The molecule has 2 aromatic carbocycles. The number of nitrogens with zero attached hydrogens (tertiary/aromatic N) is 2. The number of amides is 3. The molecule has 3 amide bonds. The van der Waals surface area contributed by atoms with Gasteiger partial charge in [-0.25, -0.2) is 0 Å². The van der Waals surface area contributed by atoms with Crippen molar-refractivity contribution in [3.05, 3.63) is 64.7 Å². The summed E-state index contributed by atoms with van der Waals surface area (Å²) in [5.74, 6) is -0.155. The molecule has 0 aromatic heterocycles. The maximum Gasteiger partial charge on any atom is 0.255 e. The summed E-state index contributed by atoms with van der Waals surface area (Å²) in [4.78, 5) is 41.9. The lowest BCUT2D eigenvalue weighted by atomic mass is 10.0. The summed E-state index contributed by atoms with van der Waals surface area (Å²) in [6, 6.07) is 14.1. The van der Waals surface area contributed by atoms with Crippen molar-refractivity contribution in [1.29, 1.82) is 0 Å². The Balaban J connectivity index is 1.41. The van der Waals surface area contributed by atoms with Crippen molar-refractivity contribution < 1.29 is 23.9 Å². The van der Waals surface area contributed by atoms with E-state index in [0.29, 0.717) is 30.9 Å². The number of halogens is 1. The summed E-state index contributed by atoms with van der Waals surface area (Å²) in [6.07, 6.45) is 1.58. The predicted octanol–water partition coefficient (Wildman–Crippen LogP) is 5.03. The highest BCUT2D eigenvalue weighted by Crippen LogP contribution is 2.34. The van der Waals surface area contributed by atoms with E-state index < -0.39 is 14.1 Å². The fourth-order valence-corrected chi connectivity index (χ4v) is 5.95. The second kappa shape index (κ2) is 12.1. The van der Waals surface area contributed by atoms with E-state index in [4.69, 9.17) is 9.47 Å². The molecule has 0 radical (unpaired) electrons. The zero-order valence-corrected chi connectivity index (χ0v) is 25.0. The molecule has 0 aliphatic carbocycles. The predicted molar refractivity (Wildman–Crippen MR) is 154 cm³/mol. The van der Waals surface area contributed by atoms with Gasteiger partial charge in [0.15, 0.2) is 0 Å². The number of fused-ring (bicyclic) bond motifs is 1. The standard InChI is InChI=1S/C28H35IN2O5Si/c1-37(2,3)16-15-35-19-31-26(32)12-11-24(28(31)34)30-17-23-22(27(30)33)5-4-6-25(23)36-18-21-9-7-20(8-10-21)13-14-29/h4-10,24H,11-19H2,1-3H3. The molecule has 37 heavy (non-hydrogen) atoms. The van der Waals surface area contributed by atoms with Crippen LogP contribution in [0.15, 0.2) is 42.5 Å². The van der Waals surface area contributed by atoms with Gasteiger partial charge in [0.2, 0.25) is 5.91 Å². The second-order valence-corrected chi connectivity index (χ2v) is 17.5. The first kappa shape index (κ1) is 27.8. The smallest absolute Gasteiger partial charge is 0.255 e. The van der Waals surface area contributed by atoms with Crippen LogP contribution in [-0.4, -0.2) is 59.4 Å². The van der Waals surface area contributed by atoms with Crippen molar-refractivity contribution in [2.24, 2.45) is 0 Å². The Hall–Kier alpha value is -2.24. The lowest BCUT2D eigenvalue weighted by Gasteiger charge is -2.35. The Bertz CT molecular complexity index is 1150. The van der Waals surface area contributed by atoms with Crippen LogP contribution < -0.4 is 4.74 Å².